The van der Waals surface area contributed by atoms with Crippen LogP contribution in [-0.4, -0.2) is 42.0 Å². The van der Waals surface area contributed by atoms with Crippen LogP contribution in [0.15, 0.2) is 18.2 Å². The van der Waals surface area contributed by atoms with Crippen molar-refractivity contribution in [2.45, 2.75) is 0 Å². The number of hydrogen-bond acceptors (Lipinski definition) is 4. The molecule has 96 valence electrons. The molecular formula is C11H11FN2O4. The Morgan fingerprint density at radius 2 is 2.06 bits per heavy atom. The van der Waals surface area contributed by atoms with Gasteiger partial charge in [-0.25, -0.2) is 4.39 Å². The summed E-state index contributed by atoms with van der Waals surface area (Å²) >= 11 is 0. The van der Waals surface area contributed by atoms with Crippen molar-refractivity contribution < 1.29 is 18.8 Å². The lowest BCUT2D eigenvalue weighted by Gasteiger charge is -2.26. The third-order valence-corrected chi connectivity index (χ3v) is 2.69. The molecule has 7 heteroatoms. The molecule has 1 aliphatic rings. The van der Waals surface area contributed by atoms with Gasteiger partial charge in [-0.15, -0.1) is 0 Å². The summed E-state index contributed by atoms with van der Waals surface area (Å²) in [6.07, 6.45) is 0. The predicted molar refractivity (Wildman–Crippen MR) is 59.8 cm³/mol. The molecule has 1 aromatic carbocycles. The number of hydrogen-bond donors (Lipinski definition) is 0. The molecule has 0 aliphatic carbocycles. The molecule has 0 bridgehead atoms. The van der Waals surface area contributed by atoms with Crippen molar-refractivity contribution in [2.24, 2.45) is 0 Å². The highest BCUT2D eigenvalue weighted by Crippen LogP contribution is 2.21. The number of carbonyl (C=O) groups is 1. The van der Waals surface area contributed by atoms with Crippen molar-refractivity contribution in [1.29, 1.82) is 0 Å². The van der Waals surface area contributed by atoms with Gasteiger partial charge in [0.25, 0.3) is 11.6 Å². The van der Waals surface area contributed by atoms with Crippen LogP contribution in [-0.2, 0) is 4.74 Å². The second kappa shape index (κ2) is 5.09. The fraction of sp³-hybridized carbons (Fsp3) is 0.364. The van der Waals surface area contributed by atoms with E-state index in [1.807, 2.05) is 0 Å². The van der Waals surface area contributed by atoms with Crippen LogP contribution in [0, 0.1) is 15.9 Å². The Morgan fingerprint density at radius 1 is 1.39 bits per heavy atom. The summed E-state index contributed by atoms with van der Waals surface area (Å²) in [5.41, 5.74) is -0.602. The summed E-state index contributed by atoms with van der Waals surface area (Å²) in [5.74, 6) is -1.20. The van der Waals surface area contributed by atoms with E-state index in [1.54, 1.807) is 0 Å². The summed E-state index contributed by atoms with van der Waals surface area (Å²) in [7, 11) is 0. The van der Waals surface area contributed by atoms with Crippen LogP contribution >= 0.6 is 0 Å². The van der Waals surface area contributed by atoms with Crippen LogP contribution in [0.5, 0.6) is 0 Å². The number of amides is 1. The maximum atomic E-state index is 13.0. The van der Waals surface area contributed by atoms with Crippen LogP contribution in [0.25, 0.3) is 0 Å². The van der Waals surface area contributed by atoms with Gasteiger partial charge in [0.15, 0.2) is 0 Å². The third kappa shape index (κ3) is 2.45. The van der Waals surface area contributed by atoms with Gasteiger partial charge in [0.05, 0.1) is 24.2 Å². The van der Waals surface area contributed by atoms with Crippen molar-refractivity contribution in [3.8, 4) is 0 Å². The fourth-order valence-corrected chi connectivity index (χ4v) is 1.77. The second-order valence-corrected chi connectivity index (χ2v) is 3.82. The average Bonchev–Trinajstić information content (AvgIpc) is 2.39. The molecule has 0 aromatic heterocycles. The lowest BCUT2D eigenvalue weighted by atomic mass is 10.1. The molecule has 0 atom stereocenters. The van der Waals surface area contributed by atoms with Gasteiger partial charge in [0.1, 0.15) is 11.4 Å². The van der Waals surface area contributed by atoms with E-state index in [4.69, 9.17) is 4.74 Å². The number of rotatable bonds is 2. The van der Waals surface area contributed by atoms with Gasteiger partial charge in [-0.05, 0) is 12.1 Å². The summed E-state index contributed by atoms with van der Waals surface area (Å²) < 4.78 is 18.1. The molecule has 0 spiro atoms. The van der Waals surface area contributed by atoms with Gasteiger partial charge in [0, 0.05) is 13.1 Å². The first kappa shape index (κ1) is 12.4. The Kier molecular flexibility index (Phi) is 3.52. The predicted octanol–water partition coefficient (Wildman–Crippen LogP) is 1.21. The molecule has 6 nitrogen and oxygen atoms in total. The molecule has 1 saturated heterocycles. The van der Waals surface area contributed by atoms with Gasteiger partial charge in [-0.2, -0.15) is 0 Å². The standard InChI is InChI=1S/C11H11FN2O4/c12-8-1-2-9(10(7-8)14(16)17)11(15)13-3-5-18-6-4-13/h1-2,7H,3-6H2. The quantitative estimate of drug-likeness (QED) is 0.587. The first-order chi connectivity index (χ1) is 8.59. The molecule has 1 aromatic rings. The lowest BCUT2D eigenvalue weighted by molar-refractivity contribution is -0.385. The molecule has 18 heavy (non-hydrogen) atoms. The van der Waals surface area contributed by atoms with Crippen LogP contribution in [0.3, 0.4) is 0 Å². The van der Waals surface area contributed by atoms with E-state index in [1.165, 1.54) is 4.90 Å². The Morgan fingerprint density at radius 3 is 2.67 bits per heavy atom. The molecule has 0 unspecified atom stereocenters. The van der Waals surface area contributed by atoms with E-state index in [9.17, 15) is 19.3 Å². The van der Waals surface area contributed by atoms with Crippen molar-refractivity contribution in [3.05, 3.63) is 39.7 Å². The monoisotopic (exact) mass is 254 g/mol. The van der Waals surface area contributed by atoms with Crippen molar-refractivity contribution >= 4 is 11.6 Å². The van der Waals surface area contributed by atoms with E-state index in [2.05, 4.69) is 0 Å². The van der Waals surface area contributed by atoms with Gasteiger partial charge in [0.2, 0.25) is 0 Å². The Balaban J connectivity index is 2.31. The third-order valence-electron chi connectivity index (χ3n) is 2.69. The molecule has 1 aliphatic heterocycles. The minimum Gasteiger partial charge on any atom is -0.378 e. The topological polar surface area (TPSA) is 72.7 Å². The fourth-order valence-electron chi connectivity index (χ4n) is 1.77. The Hall–Kier alpha value is -2.02. The maximum Gasteiger partial charge on any atom is 0.285 e. The maximum absolute atomic E-state index is 13.0. The number of ether oxygens (including phenoxy) is 1. The minimum atomic E-state index is -0.753. The number of carbonyl (C=O) groups excluding carboxylic acids is 1. The zero-order valence-electron chi connectivity index (χ0n) is 9.47. The van der Waals surface area contributed by atoms with E-state index < -0.39 is 22.3 Å². The van der Waals surface area contributed by atoms with Crippen LogP contribution in [0.1, 0.15) is 10.4 Å². The van der Waals surface area contributed by atoms with Crippen molar-refractivity contribution in [1.82, 2.24) is 4.90 Å². The van der Waals surface area contributed by atoms with Crippen LogP contribution < -0.4 is 0 Å². The number of benzene rings is 1. The summed E-state index contributed by atoms with van der Waals surface area (Å²) in [6.45, 7) is 1.57. The molecule has 0 radical (unpaired) electrons. The highest BCUT2D eigenvalue weighted by atomic mass is 19.1. The highest BCUT2D eigenvalue weighted by molar-refractivity contribution is 5.98. The van der Waals surface area contributed by atoms with E-state index in [-0.39, 0.29) is 5.56 Å². The van der Waals surface area contributed by atoms with Gasteiger partial charge >= 0.3 is 0 Å². The summed E-state index contributed by atoms with van der Waals surface area (Å²) in [4.78, 5) is 23.6. The van der Waals surface area contributed by atoms with E-state index in [0.717, 1.165) is 18.2 Å². The molecule has 0 saturated carbocycles. The van der Waals surface area contributed by atoms with E-state index >= 15 is 0 Å². The number of nitro benzene ring substituents is 1. The normalized spacial score (nSPS) is 15.5. The lowest BCUT2D eigenvalue weighted by Crippen LogP contribution is -2.40. The molecule has 1 fully saturated rings. The van der Waals surface area contributed by atoms with Crippen LogP contribution in [0.4, 0.5) is 10.1 Å². The largest absolute Gasteiger partial charge is 0.378 e. The van der Waals surface area contributed by atoms with Gasteiger partial charge in [-0.1, -0.05) is 0 Å². The molecular weight excluding hydrogens is 243 g/mol. The minimum absolute atomic E-state index is 0.0942. The average molecular weight is 254 g/mol. The van der Waals surface area contributed by atoms with Gasteiger partial charge < -0.3 is 9.64 Å². The first-order valence-corrected chi connectivity index (χ1v) is 5.40. The number of nitrogens with zero attached hydrogens (tertiary/aromatic N) is 2. The summed E-state index contributed by atoms with van der Waals surface area (Å²) in [5, 5.41) is 10.8. The van der Waals surface area contributed by atoms with E-state index in [0.29, 0.717) is 26.3 Å². The number of nitro groups is 1. The zero-order chi connectivity index (χ0) is 13.1. The Labute approximate surface area is 102 Å². The molecule has 2 rings (SSSR count). The molecule has 1 amide bonds. The summed E-state index contributed by atoms with van der Waals surface area (Å²) in [6, 6.07) is 2.94. The highest BCUT2D eigenvalue weighted by Gasteiger charge is 2.26. The number of halogens is 1. The Bertz CT molecular complexity index is 486. The first-order valence-electron chi connectivity index (χ1n) is 5.40. The van der Waals surface area contributed by atoms with Crippen molar-refractivity contribution in [3.63, 3.8) is 0 Å². The number of morpholine rings is 1. The smallest absolute Gasteiger partial charge is 0.285 e. The molecule has 1 heterocycles. The second-order valence-electron chi connectivity index (χ2n) is 3.82. The SMILES string of the molecule is O=C(c1ccc(F)cc1[N+](=O)[O-])N1CCOCC1. The van der Waals surface area contributed by atoms with Gasteiger partial charge in [-0.3, -0.25) is 14.9 Å². The zero-order valence-corrected chi connectivity index (χ0v) is 9.47. The van der Waals surface area contributed by atoms with Crippen LogP contribution in [0.2, 0.25) is 0 Å². The van der Waals surface area contributed by atoms with Crippen molar-refractivity contribution in [2.75, 3.05) is 26.3 Å². The molecule has 0 N–H and O–H groups in total.